The molecule has 3 atom stereocenters. The van der Waals surface area contributed by atoms with Crippen LogP contribution in [-0.2, 0) is 6.42 Å². The zero-order valence-corrected chi connectivity index (χ0v) is 20.3. The lowest BCUT2D eigenvalue weighted by molar-refractivity contribution is 0.136. The molecule has 0 radical (unpaired) electrons. The summed E-state index contributed by atoms with van der Waals surface area (Å²) in [4.78, 5) is 12.3. The Hall–Kier alpha value is -3.22. The summed E-state index contributed by atoms with van der Waals surface area (Å²) in [5.41, 5.74) is 3.03. The SMILES string of the molecule is Cc1cc(Nc2cc3ncc(CCCCO)cc3c(NC3C[C@H]4CC[C@@H](C3)N4CCC#N)n2)n[nH]1. The molecule has 9 heteroatoms. The summed E-state index contributed by atoms with van der Waals surface area (Å²) in [7, 11) is 0. The van der Waals surface area contributed by atoms with Gasteiger partial charge in [-0.25, -0.2) is 4.98 Å². The summed E-state index contributed by atoms with van der Waals surface area (Å²) in [6.45, 7) is 3.06. The fraction of sp³-hybridized carbons (Fsp3) is 0.538. The van der Waals surface area contributed by atoms with Crippen molar-refractivity contribution in [3.63, 3.8) is 0 Å². The highest BCUT2D eigenvalue weighted by Gasteiger charge is 2.40. The molecule has 5 heterocycles. The number of aryl methyl sites for hydroxylation is 2. The van der Waals surface area contributed by atoms with E-state index in [1.165, 1.54) is 12.8 Å². The Balaban J connectivity index is 1.41. The molecule has 4 N–H and O–H groups in total. The number of aliphatic hydroxyl groups excluding tert-OH is 1. The van der Waals surface area contributed by atoms with E-state index in [1.54, 1.807) is 0 Å². The summed E-state index contributed by atoms with van der Waals surface area (Å²) in [5, 5.41) is 33.5. The van der Waals surface area contributed by atoms with Crippen molar-refractivity contribution in [3.05, 3.63) is 35.7 Å². The van der Waals surface area contributed by atoms with E-state index < -0.39 is 0 Å². The standard InChI is InChI=1S/C26H34N8O/c1-17-11-25(33-32-17)30-24-15-23-22(12-18(16-28-23)5-2-3-10-35)26(31-24)29-19-13-20-6-7-21(14-19)34(20)9-4-8-27/h11-12,15-16,19-21,35H,2-7,9-10,13-14H2,1H3,(H3,29,30,31,32,33)/t19?,20-,21+. The van der Waals surface area contributed by atoms with Gasteiger partial charge in [-0.2, -0.15) is 10.4 Å². The van der Waals surface area contributed by atoms with Crippen LogP contribution in [0.3, 0.4) is 0 Å². The van der Waals surface area contributed by atoms with Crippen molar-refractivity contribution in [2.75, 3.05) is 23.8 Å². The van der Waals surface area contributed by atoms with Crippen molar-refractivity contribution in [3.8, 4) is 6.07 Å². The van der Waals surface area contributed by atoms with Gasteiger partial charge < -0.3 is 15.7 Å². The molecule has 0 aromatic carbocycles. The number of aromatic nitrogens is 4. The second kappa shape index (κ2) is 10.6. The fourth-order valence-corrected chi connectivity index (χ4v) is 5.66. The molecular formula is C26H34N8O. The van der Waals surface area contributed by atoms with Crippen molar-refractivity contribution < 1.29 is 5.11 Å². The summed E-state index contributed by atoms with van der Waals surface area (Å²) >= 11 is 0. The third kappa shape index (κ3) is 5.39. The van der Waals surface area contributed by atoms with Crippen LogP contribution in [0, 0.1) is 18.3 Å². The number of anilines is 3. The third-order valence-electron chi connectivity index (χ3n) is 7.28. The first kappa shape index (κ1) is 23.5. The quantitative estimate of drug-likeness (QED) is 0.324. The van der Waals surface area contributed by atoms with E-state index in [0.717, 1.165) is 72.4 Å². The van der Waals surface area contributed by atoms with Gasteiger partial charge >= 0.3 is 0 Å². The third-order valence-corrected chi connectivity index (χ3v) is 7.28. The topological polar surface area (TPSA) is 126 Å². The maximum absolute atomic E-state index is 9.14. The van der Waals surface area contributed by atoms with Gasteiger partial charge in [0.1, 0.15) is 11.6 Å². The highest BCUT2D eigenvalue weighted by molar-refractivity contribution is 5.92. The van der Waals surface area contributed by atoms with Gasteiger partial charge in [-0.1, -0.05) is 0 Å². The molecule has 2 aliphatic heterocycles. The highest BCUT2D eigenvalue weighted by Crippen LogP contribution is 2.37. The Morgan fingerprint density at radius 3 is 2.71 bits per heavy atom. The number of unbranched alkanes of at least 4 members (excludes halogenated alkanes) is 1. The Morgan fingerprint density at radius 1 is 1.17 bits per heavy atom. The summed E-state index contributed by atoms with van der Waals surface area (Å²) in [5.74, 6) is 2.29. The summed E-state index contributed by atoms with van der Waals surface area (Å²) in [6, 6.07) is 9.81. The average molecular weight is 475 g/mol. The van der Waals surface area contributed by atoms with E-state index in [4.69, 9.17) is 20.3 Å². The number of piperidine rings is 1. The number of nitrogens with one attached hydrogen (secondary N) is 3. The predicted molar refractivity (Wildman–Crippen MR) is 137 cm³/mol. The summed E-state index contributed by atoms with van der Waals surface area (Å²) < 4.78 is 0. The van der Waals surface area contributed by atoms with Crippen molar-refractivity contribution in [2.24, 2.45) is 0 Å². The minimum atomic E-state index is 0.215. The molecule has 9 nitrogen and oxygen atoms in total. The smallest absolute Gasteiger partial charge is 0.153 e. The monoisotopic (exact) mass is 474 g/mol. The Labute approximate surface area is 206 Å². The maximum atomic E-state index is 9.14. The molecular weight excluding hydrogens is 440 g/mol. The minimum Gasteiger partial charge on any atom is -0.396 e. The first-order valence-corrected chi connectivity index (χ1v) is 12.7. The highest BCUT2D eigenvalue weighted by atomic mass is 16.2. The van der Waals surface area contributed by atoms with E-state index in [0.29, 0.717) is 30.4 Å². The first-order valence-electron chi connectivity index (χ1n) is 12.7. The zero-order valence-electron chi connectivity index (χ0n) is 20.3. The second-order valence-corrected chi connectivity index (χ2v) is 9.85. The van der Waals surface area contributed by atoms with Crippen LogP contribution in [0.15, 0.2) is 24.4 Å². The van der Waals surface area contributed by atoms with Crippen LogP contribution >= 0.6 is 0 Å². The molecule has 2 fully saturated rings. The fourth-order valence-electron chi connectivity index (χ4n) is 5.66. The van der Waals surface area contributed by atoms with E-state index in [9.17, 15) is 0 Å². The number of rotatable bonds is 10. The number of fused-ring (bicyclic) bond motifs is 3. The number of pyridine rings is 2. The van der Waals surface area contributed by atoms with Crippen molar-refractivity contribution >= 4 is 28.4 Å². The molecule has 0 spiro atoms. The lowest BCUT2D eigenvalue weighted by atomic mass is 9.96. The molecule has 35 heavy (non-hydrogen) atoms. The van der Waals surface area contributed by atoms with Crippen LogP contribution in [0.4, 0.5) is 17.5 Å². The summed E-state index contributed by atoms with van der Waals surface area (Å²) in [6.07, 6.45) is 9.68. The van der Waals surface area contributed by atoms with Crippen molar-refractivity contribution in [1.29, 1.82) is 5.26 Å². The molecule has 1 unspecified atom stereocenters. The zero-order chi connectivity index (χ0) is 24.2. The average Bonchev–Trinajstić information content (AvgIpc) is 3.36. The van der Waals surface area contributed by atoms with Gasteiger partial charge in [0.2, 0.25) is 0 Å². The number of H-pyrrole nitrogens is 1. The van der Waals surface area contributed by atoms with Crippen LogP contribution in [0.25, 0.3) is 10.9 Å². The van der Waals surface area contributed by atoms with Crippen molar-refractivity contribution in [1.82, 2.24) is 25.1 Å². The second-order valence-electron chi connectivity index (χ2n) is 9.85. The van der Waals surface area contributed by atoms with Crippen LogP contribution in [0.5, 0.6) is 0 Å². The molecule has 2 aliphatic rings. The number of hydrogen-bond donors (Lipinski definition) is 4. The number of aromatic amines is 1. The van der Waals surface area contributed by atoms with Crippen LogP contribution in [-0.4, -0.2) is 61.4 Å². The van der Waals surface area contributed by atoms with Gasteiger partial charge in [-0.3, -0.25) is 15.0 Å². The van der Waals surface area contributed by atoms with E-state index in [1.807, 2.05) is 25.3 Å². The van der Waals surface area contributed by atoms with E-state index in [-0.39, 0.29) is 6.61 Å². The van der Waals surface area contributed by atoms with Crippen LogP contribution in [0.1, 0.15) is 56.2 Å². The van der Waals surface area contributed by atoms with Gasteiger partial charge in [0.15, 0.2) is 5.82 Å². The normalized spacial score (nSPS) is 21.8. The predicted octanol–water partition coefficient (Wildman–Crippen LogP) is 4.04. The molecule has 5 rings (SSSR count). The van der Waals surface area contributed by atoms with Gasteiger partial charge in [-0.15, -0.1) is 0 Å². The Bertz CT molecular complexity index is 1190. The van der Waals surface area contributed by atoms with Crippen LogP contribution in [0.2, 0.25) is 0 Å². The minimum absolute atomic E-state index is 0.215. The molecule has 2 saturated heterocycles. The Morgan fingerprint density at radius 2 is 2.00 bits per heavy atom. The van der Waals surface area contributed by atoms with Gasteiger partial charge in [0.05, 0.1) is 11.6 Å². The van der Waals surface area contributed by atoms with Crippen molar-refractivity contribution in [2.45, 2.75) is 76.4 Å². The first-order chi connectivity index (χ1) is 17.1. The number of hydrogen-bond acceptors (Lipinski definition) is 8. The van der Waals surface area contributed by atoms with Gasteiger partial charge in [0, 0.05) is 67.1 Å². The molecule has 3 aromatic heterocycles. The largest absolute Gasteiger partial charge is 0.396 e. The molecule has 0 saturated carbocycles. The lowest BCUT2D eigenvalue weighted by Crippen LogP contribution is -2.47. The lowest BCUT2D eigenvalue weighted by Gasteiger charge is -2.39. The van der Waals surface area contributed by atoms with E-state index in [2.05, 4.69) is 37.9 Å². The molecule has 184 valence electrons. The molecule has 0 aliphatic carbocycles. The Kier molecular flexibility index (Phi) is 7.11. The maximum Gasteiger partial charge on any atom is 0.153 e. The molecule has 2 bridgehead atoms. The number of nitrogens with zero attached hydrogens (tertiary/aromatic N) is 5. The molecule has 3 aromatic rings. The van der Waals surface area contributed by atoms with Gasteiger partial charge in [-0.05, 0) is 63.5 Å². The van der Waals surface area contributed by atoms with Crippen LogP contribution < -0.4 is 10.6 Å². The van der Waals surface area contributed by atoms with E-state index >= 15 is 0 Å². The number of aliphatic hydroxyl groups is 1. The molecule has 0 amide bonds. The van der Waals surface area contributed by atoms with Gasteiger partial charge in [0.25, 0.3) is 0 Å². The number of nitriles is 1.